The molecule has 1 saturated carbocycles. The van der Waals surface area contributed by atoms with E-state index in [2.05, 4.69) is 5.10 Å². The number of rotatable bonds is 3. The van der Waals surface area contributed by atoms with Crippen molar-refractivity contribution in [1.82, 2.24) is 19.6 Å². The summed E-state index contributed by atoms with van der Waals surface area (Å²) in [5.74, 6) is 0.880. The number of benzene rings is 1. The van der Waals surface area contributed by atoms with Crippen molar-refractivity contribution < 1.29 is 9.59 Å². The van der Waals surface area contributed by atoms with E-state index in [-0.39, 0.29) is 30.0 Å². The molecule has 2 aromatic rings. The number of nitrogens with zero attached hydrogens (tertiary/aromatic N) is 4. The summed E-state index contributed by atoms with van der Waals surface area (Å²) in [7, 11) is 3.64. The van der Waals surface area contributed by atoms with E-state index < -0.39 is 0 Å². The van der Waals surface area contributed by atoms with Crippen LogP contribution in [-0.4, -0.2) is 58.1 Å². The highest BCUT2D eigenvalue weighted by molar-refractivity contribution is 5.81. The van der Waals surface area contributed by atoms with Crippen LogP contribution in [0.15, 0.2) is 35.3 Å². The third-order valence-corrected chi connectivity index (χ3v) is 6.18. The molecule has 0 radical (unpaired) electrons. The van der Waals surface area contributed by atoms with Crippen LogP contribution in [0.2, 0.25) is 0 Å². The highest BCUT2D eigenvalue weighted by Gasteiger charge is 2.42. The van der Waals surface area contributed by atoms with Crippen LogP contribution in [0.3, 0.4) is 0 Å². The lowest BCUT2D eigenvalue weighted by Gasteiger charge is -2.31. The molecule has 1 aromatic heterocycles. The number of piperidine rings is 1. The van der Waals surface area contributed by atoms with E-state index in [9.17, 15) is 14.4 Å². The van der Waals surface area contributed by atoms with Gasteiger partial charge in [-0.3, -0.25) is 14.4 Å². The number of amides is 2. The summed E-state index contributed by atoms with van der Waals surface area (Å²) in [5, 5.41) is 5.49. The van der Waals surface area contributed by atoms with Crippen LogP contribution in [0, 0.1) is 11.8 Å². The quantitative estimate of drug-likeness (QED) is 0.813. The van der Waals surface area contributed by atoms with E-state index in [1.807, 2.05) is 19.2 Å². The van der Waals surface area contributed by atoms with Gasteiger partial charge in [-0.05, 0) is 30.7 Å². The standard InChI is InChI=1S/C20H24N4O3/c1-22-11-15-8-16(7-14(15)9-18(22)25)23(2)19(26)12-24-20(27)17-6-4-3-5-13(17)10-21-24/h3-6,10,14-16H,7-9,11-12H2,1-2H3/t14-,15+,16-/m1/s1. The molecule has 27 heavy (non-hydrogen) atoms. The van der Waals surface area contributed by atoms with Gasteiger partial charge in [0.1, 0.15) is 6.54 Å². The Bertz CT molecular complexity index is 954. The Hall–Kier alpha value is -2.70. The van der Waals surface area contributed by atoms with Crippen LogP contribution in [0.1, 0.15) is 19.3 Å². The zero-order valence-corrected chi connectivity index (χ0v) is 15.7. The molecular weight excluding hydrogens is 344 g/mol. The van der Waals surface area contributed by atoms with Crippen LogP contribution in [0.5, 0.6) is 0 Å². The molecule has 0 bridgehead atoms. The highest BCUT2D eigenvalue weighted by Crippen LogP contribution is 2.40. The summed E-state index contributed by atoms with van der Waals surface area (Å²) in [5.41, 5.74) is -0.248. The van der Waals surface area contributed by atoms with Crippen LogP contribution in [0.25, 0.3) is 10.8 Å². The van der Waals surface area contributed by atoms with Gasteiger partial charge in [-0.2, -0.15) is 5.10 Å². The summed E-state index contributed by atoms with van der Waals surface area (Å²) in [6.07, 6.45) is 3.96. The first-order valence-corrected chi connectivity index (χ1v) is 9.38. The van der Waals surface area contributed by atoms with Gasteiger partial charge in [0.25, 0.3) is 5.56 Å². The first-order valence-electron chi connectivity index (χ1n) is 9.38. The normalized spacial score (nSPS) is 24.9. The lowest BCUT2D eigenvalue weighted by Crippen LogP contribution is -2.40. The van der Waals surface area contributed by atoms with Gasteiger partial charge in [0.2, 0.25) is 11.8 Å². The molecule has 2 fully saturated rings. The second kappa shape index (κ2) is 6.79. The summed E-state index contributed by atoms with van der Waals surface area (Å²) in [6.45, 7) is 0.707. The smallest absolute Gasteiger partial charge is 0.275 e. The maximum Gasteiger partial charge on any atom is 0.275 e. The molecule has 4 rings (SSSR count). The third-order valence-electron chi connectivity index (χ3n) is 6.18. The Balaban J connectivity index is 1.47. The maximum atomic E-state index is 12.8. The molecule has 1 aromatic carbocycles. The topological polar surface area (TPSA) is 75.5 Å². The minimum atomic E-state index is -0.248. The Morgan fingerprint density at radius 1 is 1.22 bits per heavy atom. The van der Waals surface area contributed by atoms with Gasteiger partial charge in [-0.15, -0.1) is 0 Å². The molecule has 7 nitrogen and oxygen atoms in total. The van der Waals surface area contributed by atoms with E-state index in [0.29, 0.717) is 23.6 Å². The number of hydrogen-bond donors (Lipinski definition) is 0. The van der Waals surface area contributed by atoms with Gasteiger partial charge in [-0.1, -0.05) is 18.2 Å². The first-order chi connectivity index (χ1) is 12.9. The molecule has 2 heterocycles. The molecule has 0 N–H and O–H groups in total. The summed E-state index contributed by atoms with van der Waals surface area (Å²) >= 11 is 0. The monoisotopic (exact) mass is 368 g/mol. The average Bonchev–Trinajstić information content (AvgIpc) is 3.06. The summed E-state index contributed by atoms with van der Waals surface area (Å²) < 4.78 is 1.24. The second-order valence-electron chi connectivity index (χ2n) is 7.82. The average molecular weight is 368 g/mol. The van der Waals surface area contributed by atoms with Crippen molar-refractivity contribution in [2.75, 3.05) is 20.6 Å². The minimum absolute atomic E-state index is 0.0646. The van der Waals surface area contributed by atoms with Gasteiger partial charge >= 0.3 is 0 Å². The predicted molar refractivity (Wildman–Crippen MR) is 101 cm³/mol. The lowest BCUT2D eigenvalue weighted by atomic mass is 9.88. The van der Waals surface area contributed by atoms with Gasteiger partial charge < -0.3 is 9.80 Å². The molecule has 2 aliphatic rings. The van der Waals surface area contributed by atoms with Crippen LogP contribution in [-0.2, 0) is 16.1 Å². The van der Waals surface area contributed by atoms with Crippen LogP contribution >= 0.6 is 0 Å². The number of likely N-dealkylation sites (N-methyl/N-ethyl adjacent to an activating group) is 1. The van der Waals surface area contributed by atoms with E-state index >= 15 is 0 Å². The molecule has 2 amide bonds. The van der Waals surface area contributed by atoms with Crippen molar-refractivity contribution in [3.05, 3.63) is 40.8 Å². The second-order valence-corrected chi connectivity index (χ2v) is 7.82. The molecule has 3 atom stereocenters. The van der Waals surface area contributed by atoms with E-state index in [0.717, 1.165) is 24.8 Å². The van der Waals surface area contributed by atoms with E-state index in [1.54, 1.807) is 35.2 Å². The maximum absolute atomic E-state index is 12.8. The number of hydrogen-bond acceptors (Lipinski definition) is 4. The largest absolute Gasteiger partial charge is 0.345 e. The fraction of sp³-hybridized carbons (Fsp3) is 0.500. The molecule has 142 valence electrons. The van der Waals surface area contributed by atoms with Gasteiger partial charge in [0, 0.05) is 38.5 Å². The number of carbonyl (C=O) groups is 2. The van der Waals surface area contributed by atoms with E-state index in [1.165, 1.54) is 4.68 Å². The Kier molecular flexibility index (Phi) is 4.45. The zero-order chi connectivity index (χ0) is 19.1. The number of likely N-dealkylation sites (tertiary alicyclic amines) is 1. The summed E-state index contributed by atoms with van der Waals surface area (Å²) in [6, 6.07) is 7.36. The zero-order valence-electron chi connectivity index (χ0n) is 15.7. The van der Waals surface area contributed by atoms with Crippen LogP contribution < -0.4 is 5.56 Å². The molecule has 1 aliphatic heterocycles. The molecular formula is C20H24N4O3. The van der Waals surface area contributed by atoms with Crippen molar-refractivity contribution in [3.8, 4) is 0 Å². The highest BCUT2D eigenvalue weighted by atomic mass is 16.2. The minimum Gasteiger partial charge on any atom is -0.345 e. The van der Waals surface area contributed by atoms with Crippen molar-refractivity contribution >= 4 is 22.6 Å². The fourth-order valence-corrected chi connectivity index (χ4v) is 4.49. The fourth-order valence-electron chi connectivity index (χ4n) is 4.49. The Labute approximate surface area is 157 Å². The number of fused-ring (bicyclic) bond motifs is 2. The van der Waals surface area contributed by atoms with Gasteiger partial charge in [0.15, 0.2) is 0 Å². The Morgan fingerprint density at radius 3 is 2.78 bits per heavy atom. The molecule has 1 saturated heterocycles. The van der Waals surface area contributed by atoms with Crippen molar-refractivity contribution in [3.63, 3.8) is 0 Å². The SMILES string of the molecule is CN1C[C@@H]2C[C@H](N(C)C(=O)Cn3ncc4ccccc4c3=O)C[C@@H]2CC1=O. The first kappa shape index (κ1) is 17.7. The van der Waals surface area contributed by atoms with Crippen LogP contribution in [0.4, 0.5) is 0 Å². The molecule has 1 aliphatic carbocycles. The molecule has 0 unspecified atom stereocenters. The Morgan fingerprint density at radius 2 is 1.96 bits per heavy atom. The predicted octanol–water partition coefficient (Wildman–Crippen LogP) is 1.11. The molecule has 7 heteroatoms. The van der Waals surface area contributed by atoms with Crippen molar-refractivity contribution in [2.24, 2.45) is 11.8 Å². The van der Waals surface area contributed by atoms with Crippen molar-refractivity contribution in [2.45, 2.75) is 31.8 Å². The summed E-state index contributed by atoms with van der Waals surface area (Å²) in [4.78, 5) is 40.8. The van der Waals surface area contributed by atoms with E-state index in [4.69, 9.17) is 0 Å². The molecule has 0 spiro atoms. The van der Waals surface area contributed by atoms with Gasteiger partial charge in [0.05, 0.1) is 11.6 Å². The van der Waals surface area contributed by atoms with Gasteiger partial charge in [-0.25, -0.2) is 4.68 Å². The number of carbonyl (C=O) groups excluding carboxylic acids is 2. The lowest BCUT2D eigenvalue weighted by molar-refractivity contribution is -0.135. The van der Waals surface area contributed by atoms with Crippen molar-refractivity contribution in [1.29, 1.82) is 0 Å². The number of aromatic nitrogens is 2. The third kappa shape index (κ3) is 3.22.